The van der Waals surface area contributed by atoms with Crippen LogP contribution in [-0.4, -0.2) is 4.98 Å². The van der Waals surface area contributed by atoms with Gasteiger partial charge in [-0.15, -0.1) is 0 Å². The van der Waals surface area contributed by atoms with Gasteiger partial charge in [0, 0.05) is 5.56 Å². The summed E-state index contributed by atoms with van der Waals surface area (Å²) >= 11 is 1.85. The van der Waals surface area contributed by atoms with Gasteiger partial charge in [-0.1, -0.05) is 0 Å². The van der Waals surface area contributed by atoms with Crippen molar-refractivity contribution in [2.75, 3.05) is 0 Å². The van der Waals surface area contributed by atoms with E-state index in [1.165, 1.54) is 12.1 Å². The molecule has 0 saturated carbocycles. The van der Waals surface area contributed by atoms with E-state index in [1.54, 1.807) is 0 Å². The predicted molar refractivity (Wildman–Crippen MR) is 46.7 cm³/mol. The van der Waals surface area contributed by atoms with E-state index in [0.29, 0.717) is 3.70 Å². The molecule has 0 amide bonds. The lowest BCUT2D eigenvalue weighted by atomic mass is 10.2. The smallest absolute Gasteiger partial charge is 0.244 e. The van der Waals surface area contributed by atoms with Gasteiger partial charge in [0.25, 0.3) is 6.43 Å². The molecule has 0 atom stereocenters. The summed E-state index contributed by atoms with van der Waals surface area (Å²) in [4.78, 5) is 3.64. The van der Waals surface area contributed by atoms with Crippen molar-refractivity contribution in [3.05, 3.63) is 27.1 Å². The molecule has 0 aromatic carbocycles. The quantitative estimate of drug-likeness (QED) is 0.601. The predicted octanol–water partition coefficient (Wildman–Crippen LogP) is 3.09. The van der Waals surface area contributed by atoms with Crippen LogP contribution in [0.2, 0.25) is 0 Å². The van der Waals surface area contributed by atoms with Crippen molar-refractivity contribution in [3.8, 4) is 0 Å². The van der Waals surface area contributed by atoms with E-state index in [1.807, 2.05) is 22.6 Å². The molecule has 0 radical (unpaired) electrons. The molecule has 12 heavy (non-hydrogen) atoms. The molecule has 0 aliphatic carbocycles. The zero-order chi connectivity index (χ0) is 9.14. The van der Waals surface area contributed by atoms with Crippen LogP contribution in [0.25, 0.3) is 0 Å². The maximum atomic E-state index is 12.1. The second-order valence-electron chi connectivity index (χ2n) is 2.10. The van der Waals surface area contributed by atoms with E-state index < -0.39 is 13.1 Å². The first kappa shape index (κ1) is 9.76. The maximum Gasteiger partial charge on any atom is 0.265 e. The number of rotatable bonds is 2. The number of hydrogen-bond donors (Lipinski definition) is 0. The Bertz CT molecular complexity index is 277. The van der Waals surface area contributed by atoms with Crippen LogP contribution in [-0.2, 0) is 6.67 Å². The summed E-state index contributed by atoms with van der Waals surface area (Å²) in [7, 11) is 0. The van der Waals surface area contributed by atoms with Gasteiger partial charge in [-0.3, -0.25) is 0 Å². The van der Waals surface area contributed by atoms with Crippen LogP contribution in [0.5, 0.6) is 0 Å². The van der Waals surface area contributed by atoms with Crippen molar-refractivity contribution in [1.82, 2.24) is 4.98 Å². The van der Waals surface area contributed by atoms with Crippen LogP contribution in [0.4, 0.5) is 13.2 Å². The van der Waals surface area contributed by atoms with Gasteiger partial charge in [0.1, 0.15) is 10.4 Å². The fourth-order valence-corrected chi connectivity index (χ4v) is 1.26. The Morgan fingerprint density at radius 1 is 1.42 bits per heavy atom. The average Bonchev–Trinajstić information content (AvgIpc) is 2.03. The summed E-state index contributed by atoms with van der Waals surface area (Å²) in [6.45, 7) is -0.948. The number of aromatic nitrogens is 1. The van der Waals surface area contributed by atoms with Gasteiger partial charge in [0.05, 0.1) is 5.69 Å². The third-order valence-electron chi connectivity index (χ3n) is 1.34. The van der Waals surface area contributed by atoms with Crippen LogP contribution in [0.1, 0.15) is 17.7 Å². The molecule has 0 aliphatic rings. The monoisotopic (exact) mass is 287 g/mol. The van der Waals surface area contributed by atoms with E-state index in [4.69, 9.17) is 0 Å². The molecule has 0 unspecified atom stereocenters. The Morgan fingerprint density at radius 2 is 2.08 bits per heavy atom. The first-order chi connectivity index (χ1) is 5.65. The lowest BCUT2D eigenvalue weighted by Gasteiger charge is -2.03. The molecule has 1 heterocycles. The Labute approximate surface area is 81.1 Å². The summed E-state index contributed by atoms with van der Waals surface area (Å²) < 4.78 is 36.9. The fourth-order valence-electron chi connectivity index (χ4n) is 0.791. The van der Waals surface area contributed by atoms with E-state index in [2.05, 4.69) is 4.98 Å². The molecule has 0 fully saturated rings. The Kier molecular flexibility index (Phi) is 3.30. The van der Waals surface area contributed by atoms with Gasteiger partial charge in [-0.05, 0) is 34.7 Å². The van der Waals surface area contributed by atoms with E-state index in [-0.39, 0.29) is 11.3 Å². The van der Waals surface area contributed by atoms with Crippen molar-refractivity contribution >= 4 is 22.6 Å². The molecule has 0 spiro atoms. The van der Waals surface area contributed by atoms with Gasteiger partial charge in [-0.2, -0.15) is 0 Å². The average molecular weight is 287 g/mol. The van der Waals surface area contributed by atoms with Crippen molar-refractivity contribution in [1.29, 1.82) is 0 Å². The van der Waals surface area contributed by atoms with Crippen molar-refractivity contribution in [2.24, 2.45) is 0 Å². The summed E-state index contributed by atoms with van der Waals surface area (Å²) in [5, 5.41) is 0. The number of hydrogen-bond acceptors (Lipinski definition) is 1. The summed E-state index contributed by atoms with van der Waals surface area (Å²) in [6, 6.07) is 2.63. The highest BCUT2D eigenvalue weighted by Gasteiger charge is 2.13. The minimum atomic E-state index is -2.65. The summed E-state index contributed by atoms with van der Waals surface area (Å²) in [6.07, 6.45) is -2.65. The van der Waals surface area contributed by atoms with E-state index >= 15 is 0 Å². The second-order valence-corrected chi connectivity index (χ2v) is 3.21. The van der Waals surface area contributed by atoms with Crippen LogP contribution in [0.3, 0.4) is 0 Å². The Hall–Kier alpha value is -0.330. The van der Waals surface area contributed by atoms with Gasteiger partial charge in [0.2, 0.25) is 0 Å². The Balaban J connectivity index is 3.11. The molecule has 0 aliphatic heterocycles. The zero-order valence-electron chi connectivity index (χ0n) is 5.90. The number of alkyl halides is 3. The normalized spacial score (nSPS) is 10.8. The maximum absolute atomic E-state index is 12.1. The molecular weight excluding hydrogens is 282 g/mol. The van der Waals surface area contributed by atoms with Crippen molar-refractivity contribution in [3.63, 3.8) is 0 Å². The number of pyridine rings is 1. The standard InChI is InChI=1S/C7H5F3IN/c8-3-5-4(7(9)10)1-2-6(11)12-5/h1-2,7H,3H2. The highest BCUT2D eigenvalue weighted by atomic mass is 127. The largest absolute Gasteiger partial charge is 0.265 e. The summed E-state index contributed by atoms with van der Waals surface area (Å²) in [5.74, 6) is 0. The summed E-state index contributed by atoms with van der Waals surface area (Å²) in [5.41, 5.74) is -0.491. The minimum Gasteiger partial charge on any atom is -0.244 e. The topological polar surface area (TPSA) is 12.9 Å². The van der Waals surface area contributed by atoms with Crippen LogP contribution >= 0.6 is 22.6 Å². The lowest BCUT2D eigenvalue weighted by Crippen LogP contribution is -1.97. The molecule has 0 N–H and O–H groups in total. The SMILES string of the molecule is FCc1nc(I)ccc1C(F)F. The molecule has 5 heteroatoms. The van der Waals surface area contributed by atoms with Crippen LogP contribution < -0.4 is 0 Å². The van der Waals surface area contributed by atoms with Gasteiger partial charge in [-0.25, -0.2) is 18.2 Å². The molecular formula is C7H5F3IN. The lowest BCUT2D eigenvalue weighted by molar-refractivity contribution is 0.148. The number of nitrogens with zero attached hydrogens (tertiary/aromatic N) is 1. The van der Waals surface area contributed by atoms with Gasteiger partial charge < -0.3 is 0 Å². The molecule has 0 saturated heterocycles. The van der Waals surface area contributed by atoms with E-state index in [9.17, 15) is 13.2 Å². The second kappa shape index (κ2) is 4.06. The van der Waals surface area contributed by atoms with Crippen LogP contribution in [0.15, 0.2) is 12.1 Å². The third kappa shape index (κ3) is 2.09. The fraction of sp³-hybridized carbons (Fsp3) is 0.286. The molecule has 0 bridgehead atoms. The van der Waals surface area contributed by atoms with Gasteiger partial charge in [0.15, 0.2) is 0 Å². The third-order valence-corrected chi connectivity index (χ3v) is 1.94. The van der Waals surface area contributed by atoms with Gasteiger partial charge >= 0.3 is 0 Å². The van der Waals surface area contributed by atoms with Crippen molar-refractivity contribution < 1.29 is 13.2 Å². The Morgan fingerprint density at radius 3 is 2.58 bits per heavy atom. The first-order valence-corrected chi connectivity index (χ1v) is 4.22. The van der Waals surface area contributed by atoms with Crippen LogP contribution in [0, 0.1) is 3.70 Å². The first-order valence-electron chi connectivity index (χ1n) is 3.14. The highest BCUT2D eigenvalue weighted by Crippen LogP contribution is 2.22. The van der Waals surface area contributed by atoms with E-state index in [0.717, 1.165) is 0 Å². The minimum absolute atomic E-state index is 0.170. The van der Waals surface area contributed by atoms with Crippen molar-refractivity contribution in [2.45, 2.75) is 13.1 Å². The zero-order valence-corrected chi connectivity index (χ0v) is 8.06. The number of halogens is 4. The molecule has 1 aromatic heterocycles. The highest BCUT2D eigenvalue weighted by molar-refractivity contribution is 14.1. The molecule has 1 nitrogen and oxygen atoms in total. The molecule has 66 valence electrons. The molecule has 1 aromatic rings. The molecule has 1 rings (SSSR count).